The number of hydrogen-bond donors (Lipinski definition) is 1. The van der Waals surface area contributed by atoms with Gasteiger partial charge in [0.1, 0.15) is 5.75 Å². The van der Waals surface area contributed by atoms with Crippen molar-refractivity contribution in [3.05, 3.63) is 41.7 Å². The number of carbonyl (C=O) groups is 1. The number of carboxylic acid groups (broad SMARTS) is 1. The molecule has 0 spiro atoms. The van der Waals surface area contributed by atoms with Gasteiger partial charge in [-0.05, 0) is 50.1 Å². The van der Waals surface area contributed by atoms with Crippen LogP contribution < -0.4 is 4.74 Å². The Labute approximate surface area is 117 Å². The van der Waals surface area contributed by atoms with Crippen molar-refractivity contribution in [2.24, 2.45) is 0 Å². The van der Waals surface area contributed by atoms with Crippen LogP contribution in [0, 0.1) is 6.92 Å². The van der Waals surface area contributed by atoms with Crippen LogP contribution in [0.15, 0.2) is 30.5 Å². The number of carboxylic acids is 1. The summed E-state index contributed by atoms with van der Waals surface area (Å²) in [6, 6.07) is 7.67. The molecule has 1 aromatic heterocycles. The average Bonchev–Trinajstić information content (AvgIpc) is 2.79. The van der Waals surface area contributed by atoms with Crippen molar-refractivity contribution >= 4 is 5.97 Å². The summed E-state index contributed by atoms with van der Waals surface area (Å²) in [7, 11) is 0. The van der Waals surface area contributed by atoms with E-state index in [1.165, 1.54) is 0 Å². The highest BCUT2D eigenvalue weighted by Crippen LogP contribution is 2.18. The summed E-state index contributed by atoms with van der Waals surface area (Å²) in [4.78, 5) is 10.6. The number of hydrogen-bond acceptors (Lipinski definition) is 3. The molecule has 0 aliphatic carbocycles. The first-order chi connectivity index (χ1) is 9.61. The fourth-order valence-electron chi connectivity index (χ4n) is 2.04. The van der Waals surface area contributed by atoms with Crippen molar-refractivity contribution in [2.45, 2.75) is 26.7 Å². The highest BCUT2D eigenvalue weighted by Gasteiger charge is 2.09. The summed E-state index contributed by atoms with van der Waals surface area (Å²) in [6.07, 6.45) is 2.35. The third-order valence-electron chi connectivity index (χ3n) is 3.11. The molecule has 0 aliphatic rings. The van der Waals surface area contributed by atoms with E-state index >= 15 is 0 Å². The van der Waals surface area contributed by atoms with Crippen LogP contribution in [0.1, 0.15) is 24.6 Å². The Morgan fingerprint density at radius 1 is 1.35 bits per heavy atom. The second kappa shape index (κ2) is 6.23. The normalized spacial score (nSPS) is 10.5. The van der Waals surface area contributed by atoms with Crippen LogP contribution in [-0.2, 0) is 11.2 Å². The molecular weight excluding hydrogens is 256 g/mol. The van der Waals surface area contributed by atoms with Crippen molar-refractivity contribution in [1.82, 2.24) is 9.78 Å². The van der Waals surface area contributed by atoms with Crippen LogP contribution in [-0.4, -0.2) is 27.5 Å². The number of ether oxygens (including phenoxy) is 1. The molecule has 0 unspecified atom stereocenters. The van der Waals surface area contributed by atoms with Crippen molar-refractivity contribution in [2.75, 3.05) is 6.61 Å². The average molecular weight is 274 g/mol. The largest absolute Gasteiger partial charge is 0.494 e. The number of benzene rings is 1. The van der Waals surface area contributed by atoms with Crippen LogP contribution >= 0.6 is 0 Å². The summed E-state index contributed by atoms with van der Waals surface area (Å²) in [5.41, 5.74) is 2.87. The van der Waals surface area contributed by atoms with Crippen LogP contribution in [0.5, 0.6) is 5.75 Å². The third kappa shape index (κ3) is 3.17. The zero-order valence-electron chi connectivity index (χ0n) is 11.7. The number of aliphatic carboxylic acids is 1. The van der Waals surface area contributed by atoms with Gasteiger partial charge in [-0.15, -0.1) is 0 Å². The van der Waals surface area contributed by atoms with Crippen LogP contribution in [0.4, 0.5) is 0 Å². The van der Waals surface area contributed by atoms with Crippen molar-refractivity contribution in [3.63, 3.8) is 0 Å². The van der Waals surface area contributed by atoms with Gasteiger partial charge in [0.05, 0.1) is 18.5 Å². The predicted molar refractivity (Wildman–Crippen MR) is 75.4 cm³/mol. The van der Waals surface area contributed by atoms with Gasteiger partial charge in [0.25, 0.3) is 0 Å². The second-order valence-corrected chi connectivity index (χ2v) is 4.49. The van der Waals surface area contributed by atoms with Gasteiger partial charge in [0.15, 0.2) is 0 Å². The number of nitrogens with zero attached hydrogens (tertiary/aromatic N) is 2. The van der Waals surface area contributed by atoms with Crippen LogP contribution in [0.25, 0.3) is 5.69 Å². The molecule has 0 saturated heterocycles. The molecule has 0 amide bonds. The standard InChI is InChI=1S/C15H18N2O3/c1-3-20-14-7-5-13(6-8-14)17-11(2)12(10-16-17)4-9-15(18)19/h5-8,10H,3-4,9H2,1-2H3,(H,18,19). The molecule has 0 atom stereocenters. The fourth-order valence-corrected chi connectivity index (χ4v) is 2.04. The molecule has 5 heteroatoms. The van der Waals surface area contributed by atoms with Gasteiger partial charge < -0.3 is 9.84 Å². The topological polar surface area (TPSA) is 64.4 Å². The zero-order chi connectivity index (χ0) is 14.5. The Morgan fingerprint density at radius 2 is 2.05 bits per heavy atom. The lowest BCUT2D eigenvalue weighted by molar-refractivity contribution is -0.136. The van der Waals surface area contributed by atoms with Gasteiger partial charge in [-0.2, -0.15) is 5.10 Å². The summed E-state index contributed by atoms with van der Waals surface area (Å²) in [5, 5.41) is 13.1. The first-order valence-corrected chi connectivity index (χ1v) is 6.60. The minimum absolute atomic E-state index is 0.121. The molecule has 106 valence electrons. The van der Waals surface area contributed by atoms with E-state index in [-0.39, 0.29) is 6.42 Å². The lowest BCUT2D eigenvalue weighted by atomic mass is 10.1. The predicted octanol–water partition coefficient (Wildman–Crippen LogP) is 2.60. The highest BCUT2D eigenvalue weighted by atomic mass is 16.5. The molecule has 5 nitrogen and oxygen atoms in total. The smallest absolute Gasteiger partial charge is 0.303 e. The quantitative estimate of drug-likeness (QED) is 0.879. The van der Waals surface area contributed by atoms with Gasteiger partial charge in [0.2, 0.25) is 0 Å². The van der Waals surface area contributed by atoms with Gasteiger partial charge in [-0.3, -0.25) is 4.79 Å². The summed E-state index contributed by atoms with van der Waals surface area (Å²) in [6.45, 7) is 4.53. The van der Waals surface area contributed by atoms with E-state index in [1.54, 1.807) is 6.20 Å². The maximum Gasteiger partial charge on any atom is 0.303 e. The van der Waals surface area contributed by atoms with Crippen molar-refractivity contribution < 1.29 is 14.6 Å². The van der Waals surface area contributed by atoms with E-state index in [9.17, 15) is 4.79 Å². The summed E-state index contributed by atoms with van der Waals surface area (Å²) < 4.78 is 7.21. The first-order valence-electron chi connectivity index (χ1n) is 6.60. The Hall–Kier alpha value is -2.30. The molecule has 0 bridgehead atoms. The molecule has 0 aliphatic heterocycles. The maximum absolute atomic E-state index is 10.6. The van der Waals surface area contributed by atoms with Gasteiger partial charge >= 0.3 is 5.97 Å². The molecule has 1 N–H and O–H groups in total. The van der Waals surface area contributed by atoms with Gasteiger partial charge in [0, 0.05) is 12.1 Å². The highest BCUT2D eigenvalue weighted by molar-refractivity contribution is 5.67. The van der Waals surface area contributed by atoms with E-state index in [0.717, 1.165) is 22.7 Å². The van der Waals surface area contributed by atoms with E-state index < -0.39 is 5.97 Å². The monoisotopic (exact) mass is 274 g/mol. The first kappa shape index (κ1) is 14.1. The van der Waals surface area contributed by atoms with Crippen molar-refractivity contribution in [1.29, 1.82) is 0 Å². The maximum atomic E-state index is 10.6. The number of aromatic nitrogens is 2. The molecule has 0 radical (unpaired) electrons. The number of aryl methyl sites for hydroxylation is 1. The van der Waals surface area contributed by atoms with E-state index in [1.807, 2.05) is 42.8 Å². The minimum Gasteiger partial charge on any atom is -0.494 e. The SMILES string of the molecule is CCOc1ccc(-n2ncc(CCC(=O)O)c2C)cc1. The molecule has 0 fully saturated rings. The van der Waals surface area contributed by atoms with Crippen LogP contribution in [0.3, 0.4) is 0 Å². The Kier molecular flexibility index (Phi) is 4.40. The molecule has 1 aromatic carbocycles. The molecule has 0 saturated carbocycles. The Bertz CT molecular complexity index is 588. The van der Waals surface area contributed by atoms with Crippen molar-refractivity contribution in [3.8, 4) is 11.4 Å². The Balaban J connectivity index is 2.18. The second-order valence-electron chi connectivity index (χ2n) is 4.49. The van der Waals surface area contributed by atoms with Crippen LogP contribution in [0.2, 0.25) is 0 Å². The lowest BCUT2D eigenvalue weighted by Crippen LogP contribution is -2.01. The molecule has 20 heavy (non-hydrogen) atoms. The molecular formula is C15H18N2O3. The third-order valence-corrected chi connectivity index (χ3v) is 3.11. The molecule has 2 rings (SSSR count). The Morgan fingerprint density at radius 3 is 2.65 bits per heavy atom. The number of rotatable bonds is 6. The van der Waals surface area contributed by atoms with E-state index in [0.29, 0.717) is 13.0 Å². The molecule has 1 heterocycles. The lowest BCUT2D eigenvalue weighted by Gasteiger charge is -2.07. The summed E-state index contributed by atoms with van der Waals surface area (Å²) in [5.74, 6) is 0.0328. The minimum atomic E-state index is -0.793. The van der Waals surface area contributed by atoms with Gasteiger partial charge in [-0.1, -0.05) is 0 Å². The van der Waals surface area contributed by atoms with E-state index in [4.69, 9.17) is 9.84 Å². The molecule has 2 aromatic rings. The van der Waals surface area contributed by atoms with E-state index in [2.05, 4.69) is 5.10 Å². The zero-order valence-corrected chi connectivity index (χ0v) is 11.7. The summed E-state index contributed by atoms with van der Waals surface area (Å²) >= 11 is 0. The van der Waals surface area contributed by atoms with Gasteiger partial charge in [-0.25, -0.2) is 4.68 Å². The fraction of sp³-hybridized carbons (Fsp3) is 0.333.